The van der Waals surface area contributed by atoms with Crippen LogP contribution in [0.5, 0.6) is 0 Å². The minimum absolute atomic E-state index is 0.116. The molecule has 1 heterocycles. The second-order valence-electron chi connectivity index (χ2n) is 2.71. The molecule has 0 saturated heterocycles. The van der Waals surface area contributed by atoms with Crippen molar-refractivity contribution in [1.29, 1.82) is 0 Å². The highest BCUT2D eigenvalue weighted by Crippen LogP contribution is 2.21. The fourth-order valence-electron chi connectivity index (χ4n) is 1.08. The quantitative estimate of drug-likeness (QED) is 0.605. The predicted octanol–water partition coefficient (Wildman–Crippen LogP) is 1.98. The lowest BCUT2D eigenvalue weighted by Gasteiger charge is -2.08. The fourth-order valence-corrected chi connectivity index (χ4v) is 1.08. The van der Waals surface area contributed by atoms with Gasteiger partial charge in [0.05, 0.1) is 5.92 Å². The number of nitrogens with zero attached hydrogens (tertiary/aromatic N) is 1. The molecule has 0 aliphatic carbocycles. The third-order valence-corrected chi connectivity index (χ3v) is 1.92. The molecular formula is C9H9F2NO. The fraction of sp³-hybridized carbons (Fsp3) is 0.333. The van der Waals surface area contributed by atoms with Crippen molar-refractivity contribution in [1.82, 2.24) is 0 Å². The van der Waals surface area contributed by atoms with Crippen LogP contribution in [0.1, 0.15) is 6.92 Å². The van der Waals surface area contributed by atoms with Crippen LogP contribution in [0, 0.1) is 5.92 Å². The molecule has 0 fully saturated rings. The molecule has 1 rings (SSSR count). The number of allylic oxidation sites excluding steroid dienone is 3. The number of aldehydes is 1. The molecule has 13 heavy (non-hydrogen) atoms. The first-order chi connectivity index (χ1) is 6.16. The summed E-state index contributed by atoms with van der Waals surface area (Å²) in [5, 5.41) is 0. The monoisotopic (exact) mass is 185 g/mol. The molecule has 0 aromatic heterocycles. The van der Waals surface area contributed by atoms with E-state index in [1.165, 1.54) is 25.4 Å². The summed E-state index contributed by atoms with van der Waals surface area (Å²) >= 11 is 0. The Kier molecular flexibility index (Phi) is 3.06. The van der Waals surface area contributed by atoms with Crippen LogP contribution >= 0.6 is 0 Å². The molecule has 0 spiro atoms. The van der Waals surface area contributed by atoms with Gasteiger partial charge in [-0.25, -0.2) is 8.78 Å². The third kappa shape index (κ3) is 2.08. The average Bonchev–Trinajstić information content (AvgIpc) is 2.26. The normalized spacial score (nSPS) is 22.3. The largest absolute Gasteiger partial charge is 0.302 e. The lowest BCUT2D eigenvalue weighted by Crippen LogP contribution is -2.09. The van der Waals surface area contributed by atoms with Gasteiger partial charge in [0.2, 0.25) is 0 Å². The zero-order valence-electron chi connectivity index (χ0n) is 7.08. The van der Waals surface area contributed by atoms with Crippen LogP contribution in [-0.4, -0.2) is 18.9 Å². The summed E-state index contributed by atoms with van der Waals surface area (Å²) in [6, 6.07) is 0. The van der Waals surface area contributed by atoms with Crippen LogP contribution in [0.15, 0.2) is 28.4 Å². The summed E-state index contributed by atoms with van der Waals surface area (Å²) in [5.41, 5.74) is 0.247. The zero-order chi connectivity index (χ0) is 9.84. The molecule has 0 aromatic carbocycles. The van der Waals surface area contributed by atoms with Gasteiger partial charge in [0, 0.05) is 18.0 Å². The minimum Gasteiger partial charge on any atom is -0.302 e. The molecule has 1 aliphatic rings. The van der Waals surface area contributed by atoms with E-state index in [0.29, 0.717) is 11.9 Å². The Balaban J connectivity index is 3.08. The highest BCUT2D eigenvalue weighted by atomic mass is 19.3. The molecule has 1 aliphatic heterocycles. The molecule has 0 N–H and O–H groups in total. The molecule has 0 saturated carbocycles. The van der Waals surface area contributed by atoms with Crippen molar-refractivity contribution in [2.45, 2.75) is 13.3 Å². The Hall–Kier alpha value is -1.32. The van der Waals surface area contributed by atoms with E-state index in [1.54, 1.807) is 0 Å². The molecule has 1 atom stereocenters. The van der Waals surface area contributed by atoms with Crippen LogP contribution in [0.3, 0.4) is 0 Å². The Morgan fingerprint density at radius 1 is 1.62 bits per heavy atom. The van der Waals surface area contributed by atoms with Gasteiger partial charge in [0.25, 0.3) is 6.43 Å². The number of aliphatic imine (C=N–C) groups is 1. The van der Waals surface area contributed by atoms with E-state index in [9.17, 15) is 13.6 Å². The van der Waals surface area contributed by atoms with Crippen molar-refractivity contribution >= 4 is 12.5 Å². The molecule has 70 valence electrons. The van der Waals surface area contributed by atoms with Crippen LogP contribution in [0.4, 0.5) is 8.78 Å². The number of hydrogen-bond donors (Lipinski definition) is 0. The van der Waals surface area contributed by atoms with E-state index in [2.05, 4.69) is 4.99 Å². The first-order valence-corrected chi connectivity index (χ1v) is 3.80. The molecule has 4 heteroatoms. The molecule has 0 amide bonds. The van der Waals surface area contributed by atoms with Gasteiger partial charge < -0.3 is 4.79 Å². The van der Waals surface area contributed by atoms with Crippen molar-refractivity contribution in [2.24, 2.45) is 10.9 Å². The number of halogens is 2. The standard InChI is InChI=1S/C9H9F2NO/c1-6-7(5-13)4-12-3-2-8(6)9(10)11/h2-5,7,9H,1H3. The second-order valence-corrected chi connectivity index (χ2v) is 2.71. The Morgan fingerprint density at radius 3 is 2.85 bits per heavy atom. The van der Waals surface area contributed by atoms with E-state index < -0.39 is 12.3 Å². The summed E-state index contributed by atoms with van der Waals surface area (Å²) in [6.07, 6.45) is 1.91. The maximum Gasteiger partial charge on any atom is 0.263 e. The van der Waals surface area contributed by atoms with Crippen LogP contribution in [0.25, 0.3) is 0 Å². The Morgan fingerprint density at radius 2 is 2.31 bits per heavy atom. The highest BCUT2D eigenvalue weighted by molar-refractivity contribution is 5.85. The Labute approximate surface area is 74.7 Å². The lowest BCUT2D eigenvalue weighted by atomic mass is 9.98. The number of carbonyl (C=O) groups is 1. The molecule has 1 unspecified atom stereocenters. The van der Waals surface area contributed by atoms with Crippen LogP contribution in [0.2, 0.25) is 0 Å². The number of hydrogen-bond acceptors (Lipinski definition) is 2. The number of alkyl halides is 2. The zero-order valence-corrected chi connectivity index (χ0v) is 7.08. The van der Waals surface area contributed by atoms with Gasteiger partial charge in [0.15, 0.2) is 0 Å². The van der Waals surface area contributed by atoms with Crippen molar-refractivity contribution in [3.05, 3.63) is 23.4 Å². The van der Waals surface area contributed by atoms with Gasteiger partial charge in [-0.3, -0.25) is 4.99 Å². The van der Waals surface area contributed by atoms with Gasteiger partial charge in [-0.15, -0.1) is 0 Å². The number of carbonyl (C=O) groups excluding carboxylic acids is 1. The molecule has 0 radical (unpaired) electrons. The highest BCUT2D eigenvalue weighted by Gasteiger charge is 2.18. The van der Waals surface area contributed by atoms with Crippen LogP contribution < -0.4 is 0 Å². The molecule has 2 nitrogen and oxygen atoms in total. The lowest BCUT2D eigenvalue weighted by molar-refractivity contribution is -0.108. The van der Waals surface area contributed by atoms with E-state index in [-0.39, 0.29) is 5.57 Å². The van der Waals surface area contributed by atoms with Gasteiger partial charge >= 0.3 is 0 Å². The summed E-state index contributed by atoms with van der Waals surface area (Å²) in [6.45, 7) is 1.52. The maximum atomic E-state index is 12.4. The maximum absolute atomic E-state index is 12.4. The first kappa shape index (κ1) is 9.77. The van der Waals surface area contributed by atoms with E-state index in [4.69, 9.17) is 0 Å². The summed E-state index contributed by atoms with van der Waals surface area (Å²) < 4.78 is 24.8. The summed E-state index contributed by atoms with van der Waals surface area (Å²) in [7, 11) is 0. The van der Waals surface area contributed by atoms with Crippen molar-refractivity contribution in [3.63, 3.8) is 0 Å². The smallest absolute Gasteiger partial charge is 0.263 e. The second kappa shape index (κ2) is 4.07. The first-order valence-electron chi connectivity index (χ1n) is 3.80. The van der Waals surface area contributed by atoms with Crippen molar-refractivity contribution < 1.29 is 13.6 Å². The van der Waals surface area contributed by atoms with Crippen molar-refractivity contribution in [2.75, 3.05) is 0 Å². The molecular weight excluding hydrogens is 176 g/mol. The average molecular weight is 185 g/mol. The summed E-state index contributed by atoms with van der Waals surface area (Å²) in [4.78, 5) is 14.2. The number of rotatable bonds is 2. The van der Waals surface area contributed by atoms with Gasteiger partial charge in [-0.05, 0) is 18.6 Å². The predicted molar refractivity (Wildman–Crippen MR) is 45.9 cm³/mol. The minimum atomic E-state index is -2.56. The molecule has 0 bridgehead atoms. The van der Waals surface area contributed by atoms with Crippen molar-refractivity contribution in [3.8, 4) is 0 Å². The van der Waals surface area contributed by atoms with Gasteiger partial charge in [-0.1, -0.05) is 0 Å². The van der Waals surface area contributed by atoms with E-state index in [0.717, 1.165) is 0 Å². The van der Waals surface area contributed by atoms with Gasteiger partial charge in [0.1, 0.15) is 6.29 Å². The van der Waals surface area contributed by atoms with Gasteiger partial charge in [-0.2, -0.15) is 0 Å². The Bertz CT molecular complexity index is 292. The summed E-state index contributed by atoms with van der Waals surface area (Å²) in [5.74, 6) is -0.626. The van der Waals surface area contributed by atoms with E-state index in [1.807, 2.05) is 0 Å². The third-order valence-electron chi connectivity index (χ3n) is 1.92. The topological polar surface area (TPSA) is 29.4 Å². The molecule has 0 aromatic rings. The SMILES string of the molecule is CC1=C(C(F)F)C=CN=CC1C=O. The van der Waals surface area contributed by atoms with E-state index >= 15 is 0 Å². The van der Waals surface area contributed by atoms with Crippen LogP contribution in [-0.2, 0) is 4.79 Å².